The Hall–Kier alpha value is -0.0831. The van der Waals surface area contributed by atoms with E-state index in [0.717, 1.165) is 12.3 Å². The fraction of sp³-hybridized carbons (Fsp3) is 0.857. The number of rotatable bonds is 2. The lowest BCUT2D eigenvalue weighted by Gasteiger charge is -2.41. The fourth-order valence-electron chi connectivity index (χ4n) is 2.20. The van der Waals surface area contributed by atoms with Gasteiger partial charge >= 0.3 is 0 Å². The molecular formula is C14H28OSi. The highest BCUT2D eigenvalue weighted by Gasteiger charge is 2.39. The Balaban J connectivity index is 2.63. The highest BCUT2D eigenvalue weighted by molar-refractivity contribution is 6.74. The first-order valence-corrected chi connectivity index (χ1v) is 9.37. The Labute approximate surface area is 102 Å². The summed E-state index contributed by atoms with van der Waals surface area (Å²) in [6, 6.07) is 0. The van der Waals surface area contributed by atoms with E-state index in [-0.39, 0.29) is 0 Å². The second-order valence-electron chi connectivity index (χ2n) is 7.00. The van der Waals surface area contributed by atoms with E-state index in [1.54, 1.807) is 0 Å². The molecule has 0 bridgehead atoms. The molecule has 2 heteroatoms. The summed E-state index contributed by atoms with van der Waals surface area (Å²) < 4.78 is 6.46. The van der Waals surface area contributed by atoms with Crippen LogP contribution in [0.1, 0.15) is 47.0 Å². The van der Waals surface area contributed by atoms with E-state index in [0.29, 0.717) is 11.1 Å². The summed E-state index contributed by atoms with van der Waals surface area (Å²) in [5.41, 5.74) is 1.38. The molecular weight excluding hydrogens is 212 g/mol. The highest BCUT2D eigenvalue weighted by Crippen LogP contribution is 2.40. The van der Waals surface area contributed by atoms with Gasteiger partial charge in [-0.05, 0) is 43.3 Å². The predicted octanol–water partition coefficient (Wildman–Crippen LogP) is 4.75. The summed E-state index contributed by atoms with van der Waals surface area (Å²) in [4.78, 5) is 0. The normalized spacial score (nSPS) is 28.2. The largest absolute Gasteiger partial charge is 0.414 e. The van der Waals surface area contributed by atoms with Crippen LogP contribution in [0.2, 0.25) is 18.1 Å². The van der Waals surface area contributed by atoms with E-state index in [9.17, 15) is 0 Å². The molecule has 1 rings (SSSR count). The molecule has 1 fully saturated rings. The van der Waals surface area contributed by atoms with Crippen LogP contribution in [0.3, 0.4) is 0 Å². The Morgan fingerprint density at radius 2 is 1.81 bits per heavy atom. The molecule has 0 radical (unpaired) electrons. The van der Waals surface area contributed by atoms with Gasteiger partial charge in [0, 0.05) is 6.10 Å². The molecule has 0 aromatic carbocycles. The van der Waals surface area contributed by atoms with Crippen LogP contribution in [-0.2, 0) is 4.43 Å². The molecule has 0 aromatic rings. The van der Waals surface area contributed by atoms with E-state index in [1.807, 2.05) is 0 Å². The minimum atomic E-state index is -1.59. The van der Waals surface area contributed by atoms with E-state index < -0.39 is 8.32 Å². The third-order valence-electron chi connectivity index (χ3n) is 4.09. The van der Waals surface area contributed by atoms with Crippen LogP contribution in [0, 0.1) is 5.92 Å². The van der Waals surface area contributed by atoms with Gasteiger partial charge in [0.15, 0.2) is 8.32 Å². The lowest BCUT2D eigenvalue weighted by Crippen LogP contribution is -2.45. The number of hydrogen-bond donors (Lipinski definition) is 0. The van der Waals surface area contributed by atoms with Crippen LogP contribution in [0.4, 0.5) is 0 Å². The molecule has 2 atom stereocenters. The molecule has 0 amide bonds. The zero-order valence-corrected chi connectivity index (χ0v) is 12.9. The molecule has 16 heavy (non-hydrogen) atoms. The average Bonchev–Trinajstić information content (AvgIpc) is 1.97. The Morgan fingerprint density at radius 3 is 2.25 bits per heavy atom. The molecule has 0 aromatic heterocycles. The molecule has 0 spiro atoms. The molecule has 1 saturated carbocycles. The Morgan fingerprint density at radius 1 is 1.25 bits per heavy atom. The van der Waals surface area contributed by atoms with Gasteiger partial charge < -0.3 is 4.43 Å². The molecule has 0 saturated heterocycles. The van der Waals surface area contributed by atoms with Crippen molar-refractivity contribution in [1.82, 2.24) is 0 Å². The van der Waals surface area contributed by atoms with Gasteiger partial charge in [-0.3, -0.25) is 0 Å². The maximum atomic E-state index is 6.46. The molecule has 0 heterocycles. The average molecular weight is 240 g/mol. The molecule has 94 valence electrons. The van der Waals surface area contributed by atoms with Gasteiger partial charge in [0.2, 0.25) is 0 Å². The monoisotopic (exact) mass is 240 g/mol. The minimum Gasteiger partial charge on any atom is -0.414 e. The zero-order valence-electron chi connectivity index (χ0n) is 11.9. The van der Waals surface area contributed by atoms with E-state index in [2.05, 4.69) is 47.4 Å². The molecule has 2 unspecified atom stereocenters. The Bertz CT molecular complexity index is 262. The van der Waals surface area contributed by atoms with Gasteiger partial charge in [0.05, 0.1) is 0 Å². The van der Waals surface area contributed by atoms with E-state index in [4.69, 9.17) is 4.43 Å². The summed E-state index contributed by atoms with van der Waals surface area (Å²) in [6.45, 7) is 18.1. The van der Waals surface area contributed by atoms with Gasteiger partial charge in [-0.25, -0.2) is 0 Å². The topological polar surface area (TPSA) is 9.23 Å². The van der Waals surface area contributed by atoms with Crippen molar-refractivity contribution >= 4 is 8.32 Å². The van der Waals surface area contributed by atoms with Crippen molar-refractivity contribution in [3.05, 3.63) is 12.2 Å². The van der Waals surface area contributed by atoms with Crippen LogP contribution in [0.5, 0.6) is 0 Å². The lowest BCUT2D eigenvalue weighted by molar-refractivity contribution is 0.136. The van der Waals surface area contributed by atoms with Gasteiger partial charge in [-0.1, -0.05) is 39.8 Å². The van der Waals surface area contributed by atoms with Crippen molar-refractivity contribution in [3.8, 4) is 0 Å². The zero-order chi connectivity index (χ0) is 12.6. The third-order valence-corrected chi connectivity index (χ3v) is 8.62. The third kappa shape index (κ3) is 3.46. The van der Waals surface area contributed by atoms with Gasteiger partial charge in [0.25, 0.3) is 0 Å². The maximum Gasteiger partial charge on any atom is 0.192 e. The molecule has 1 aliphatic rings. The van der Waals surface area contributed by atoms with Gasteiger partial charge in [0.1, 0.15) is 0 Å². The first-order valence-electron chi connectivity index (χ1n) is 6.46. The maximum absolute atomic E-state index is 6.46. The van der Waals surface area contributed by atoms with Crippen molar-refractivity contribution in [2.24, 2.45) is 5.92 Å². The molecule has 0 N–H and O–H groups in total. The summed E-state index contributed by atoms with van der Waals surface area (Å²) in [5, 5.41) is 0.315. The summed E-state index contributed by atoms with van der Waals surface area (Å²) in [7, 11) is -1.59. The van der Waals surface area contributed by atoms with Crippen molar-refractivity contribution in [2.75, 3.05) is 0 Å². The van der Waals surface area contributed by atoms with Crippen LogP contribution in [-0.4, -0.2) is 14.4 Å². The molecule has 1 nitrogen and oxygen atoms in total. The SMILES string of the molecule is C=C1CC(C)CC(O[Si](C)(C)C(C)(C)C)C1. The van der Waals surface area contributed by atoms with Crippen LogP contribution in [0.15, 0.2) is 12.2 Å². The first-order chi connectivity index (χ1) is 7.12. The van der Waals surface area contributed by atoms with E-state index in [1.165, 1.54) is 18.4 Å². The van der Waals surface area contributed by atoms with Crippen molar-refractivity contribution < 1.29 is 4.43 Å². The van der Waals surface area contributed by atoms with Crippen molar-refractivity contribution in [3.63, 3.8) is 0 Å². The van der Waals surface area contributed by atoms with E-state index >= 15 is 0 Å². The lowest BCUT2D eigenvalue weighted by atomic mass is 9.86. The van der Waals surface area contributed by atoms with Crippen LogP contribution < -0.4 is 0 Å². The minimum absolute atomic E-state index is 0.315. The second-order valence-corrected chi connectivity index (χ2v) is 11.8. The fourth-order valence-corrected chi connectivity index (χ4v) is 3.56. The van der Waals surface area contributed by atoms with Crippen LogP contribution in [0.25, 0.3) is 0 Å². The summed E-state index contributed by atoms with van der Waals surface area (Å²) in [5.74, 6) is 0.746. The highest BCUT2D eigenvalue weighted by atomic mass is 28.4. The number of hydrogen-bond acceptors (Lipinski definition) is 1. The molecule has 1 aliphatic carbocycles. The predicted molar refractivity (Wildman–Crippen MR) is 74.2 cm³/mol. The quantitative estimate of drug-likeness (QED) is 0.500. The van der Waals surface area contributed by atoms with Crippen LogP contribution >= 0.6 is 0 Å². The second kappa shape index (κ2) is 4.65. The summed E-state index contributed by atoms with van der Waals surface area (Å²) in [6.07, 6.45) is 3.91. The Kier molecular flexibility index (Phi) is 4.07. The van der Waals surface area contributed by atoms with Gasteiger partial charge in [-0.15, -0.1) is 0 Å². The standard InChI is InChI=1S/C14H28OSi/c1-11-8-12(2)10-13(9-11)15-16(6,7)14(3,4)5/h12-13H,1,8-10H2,2-7H3. The van der Waals surface area contributed by atoms with Crippen molar-refractivity contribution in [2.45, 2.75) is 71.2 Å². The smallest absolute Gasteiger partial charge is 0.192 e. The summed E-state index contributed by atoms with van der Waals surface area (Å²) >= 11 is 0. The van der Waals surface area contributed by atoms with Crippen molar-refractivity contribution in [1.29, 1.82) is 0 Å². The van der Waals surface area contributed by atoms with Gasteiger partial charge in [-0.2, -0.15) is 0 Å². The molecule has 0 aliphatic heterocycles. The first kappa shape index (κ1) is 14.0.